The van der Waals surface area contributed by atoms with Crippen LogP contribution in [0.4, 0.5) is 0 Å². The molecule has 2 aliphatic rings. The number of allylic oxidation sites excluding steroid dienone is 2. The fourth-order valence-electron chi connectivity index (χ4n) is 5.29. The van der Waals surface area contributed by atoms with Gasteiger partial charge in [-0.1, -0.05) is 72.8 Å². The van der Waals surface area contributed by atoms with Crippen molar-refractivity contribution in [3.05, 3.63) is 83.9 Å². The third-order valence-electron chi connectivity index (χ3n) is 7.57. The predicted molar refractivity (Wildman–Crippen MR) is 151 cm³/mol. The highest BCUT2D eigenvalue weighted by atomic mass is 16.5. The summed E-state index contributed by atoms with van der Waals surface area (Å²) in [6.45, 7) is 1.03. The Morgan fingerprint density at radius 2 is 1.65 bits per heavy atom. The van der Waals surface area contributed by atoms with E-state index >= 15 is 0 Å². The lowest BCUT2D eigenvalue weighted by Gasteiger charge is -2.27. The van der Waals surface area contributed by atoms with Crippen molar-refractivity contribution in [2.75, 3.05) is 26.4 Å². The van der Waals surface area contributed by atoms with Gasteiger partial charge in [-0.05, 0) is 43.2 Å². The second-order valence-corrected chi connectivity index (χ2v) is 10.6. The highest BCUT2D eigenvalue weighted by Crippen LogP contribution is 2.22. The molecule has 1 fully saturated rings. The van der Waals surface area contributed by atoms with E-state index < -0.39 is 12.0 Å². The fraction of sp³-hybridized carbons (Fsp3) is 0.469. The molecule has 214 valence electrons. The molecule has 8 heteroatoms. The number of aliphatic hydroxyl groups excluding tert-OH is 1. The van der Waals surface area contributed by atoms with Gasteiger partial charge < -0.3 is 24.8 Å². The van der Waals surface area contributed by atoms with Crippen LogP contribution >= 0.6 is 0 Å². The van der Waals surface area contributed by atoms with Gasteiger partial charge in [0.1, 0.15) is 6.61 Å². The highest BCUT2D eigenvalue weighted by molar-refractivity contribution is 5.86. The lowest BCUT2D eigenvalue weighted by molar-refractivity contribution is -0.150. The second-order valence-electron chi connectivity index (χ2n) is 10.6. The molecule has 2 aromatic carbocycles. The molecule has 0 spiro atoms. The van der Waals surface area contributed by atoms with Gasteiger partial charge in [-0.2, -0.15) is 0 Å². The smallest absolute Gasteiger partial charge is 0.309 e. The lowest BCUT2D eigenvalue weighted by atomic mass is 9.94. The van der Waals surface area contributed by atoms with E-state index in [1.807, 2.05) is 72.8 Å². The summed E-state index contributed by atoms with van der Waals surface area (Å²) < 4.78 is 11.6. The number of nitrogens with zero attached hydrogens (tertiary/aromatic N) is 1. The van der Waals surface area contributed by atoms with Crippen LogP contribution in [0.1, 0.15) is 43.2 Å². The number of esters is 1. The van der Waals surface area contributed by atoms with Crippen LogP contribution in [0, 0.1) is 11.8 Å². The first-order chi connectivity index (χ1) is 19.5. The maximum Gasteiger partial charge on any atom is 0.309 e. The standard InChI is InChI=1S/C32H40N2O6/c35-20-29-16-9-17-34(29)30(36)19-26-14-7-8-15-27(18-24-10-3-1-4-11-24)32(38)40-23-28(33-31(26)37)22-39-21-25-12-5-2-6-13-25/h1-8,10-13,26-29,35H,9,14-23H2,(H,33,37)/t26-,27+,28+,29+/m1/s1. The molecular formula is C32H40N2O6. The van der Waals surface area contributed by atoms with E-state index in [2.05, 4.69) is 5.32 Å². The van der Waals surface area contributed by atoms with Crippen molar-refractivity contribution in [3.8, 4) is 0 Å². The summed E-state index contributed by atoms with van der Waals surface area (Å²) in [5.41, 5.74) is 2.05. The van der Waals surface area contributed by atoms with Gasteiger partial charge >= 0.3 is 5.97 Å². The third kappa shape index (κ3) is 8.76. The molecule has 2 heterocycles. The van der Waals surface area contributed by atoms with Gasteiger partial charge in [-0.15, -0.1) is 0 Å². The van der Waals surface area contributed by atoms with Crippen molar-refractivity contribution in [1.82, 2.24) is 10.2 Å². The number of hydrogen-bond donors (Lipinski definition) is 2. The van der Waals surface area contributed by atoms with Gasteiger partial charge in [0.05, 0.1) is 43.7 Å². The Morgan fingerprint density at radius 1 is 0.975 bits per heavy atom. The van der Waals surface area contributed by atoms with Crippen molar-refractivity contribution in [2.24, 2.45) is 11.8 Å². The number of hydrogen-bond acceptors (Lipinski definition) is 6. The zero-order valence-electron chi connectivity index (χ0n) is 23.0. The van der Waals surface area contributed by atoms with E-state index in [-0.39, 0.29) is 56.0 Å². The van der Waals surface area contributed by atoms with Crippen LogP contribution in [0.5, 0.6) is 0 Å². The fourth-order valence-corrected chi connectivity index (χ4v) is 5.29. The quantitative estimate of drug-likeness (QED) is 0.368. The van der Waals surface area contributed by atoms with Gasteiger partial charge in [0.2, 0.25) is 11.8 Å². The molecule has 4 atom stereocenters. The van der Waals surface area contributed by atoms with Crippen molar-refractivity contribution < 1.29 is 29.0 Å². The van der Waals surface area contributed by atoms with Crippen molar-refractivity contribution in [3.63, 3.8) is 0 Å². The topological polar surface area (TPSA) is 105 Å². The first-order valence-corrected chi connectivity index (χ1v) is 14.2. The Labute approximate surface area is 236 Å². The Bertz CT molecular complexity index is 1120. The molecule has 0 unspecified atom stereocenters. The Balaban J connectivity index is 1.47. The van der Waals surface area contributed by atoms with E-state index in [4.69, 9.17) is 9.47 Å². The number of aliphatic hydroxyl groups is 1. The van der Waals surface area contributed by atoms with Crippen LogP contribution in [-0.2, 0) is 36.9 Å². The molecule has 1 saturated heterocycles. The van der Waals surface area contributed by atoms with Crippen molar-refractivity contribution >= 4 is 17.8 Å². The van der Waals surface area contributed by atoms with Gasteiger partial charge in [0.25, 0.3) is 0 Å². The minimum Gasteiger partial charge on any atom is -0.463 e. The number of cyclic esters (lactones) is 1. The minimum atomic E-state index is -0.581. The van der Waals surface area contributed by atoms with Crippen molar-refractivity contribution in [2.45, 2.75) is 57.2 Å². The molecule has 2 amide bonds. The average Bonchev–Trinajstić information content (AvgIpc) is 3.46. The number of likely N-dealkylation sites (tertiary alicyclic amines) is 1. The van der Waals surface area contributed by atoms with Crippen molar-refractivity contribution in [1.29, 1.82) is 0 Å². The zero-order chi connectivity index (χ0) is 28.2. The first kappa shape index (κ1) is 29.5. The average molecular weight is 549 g/mol. The molecular weight excluding hydrogens is 508 g/mol. The van der Waals surface area contributed by atoms with Crippen LogP contribution in [-0.4, -0.2) is 66.2 Å². The van der Waals surface area contributed by atoms with E-state index in [0.717, 1.165) is 24.0 Å². The molecule has 0 radical (unpaired) electrons. The molecule has 0 aliphatic carbocycles. The summed E-state index contributed by atoms with van der Waals surface area (Å²) in [7, 11) is 0. The summed E-state index contributed by atoms with van der Waals surface area (Å²) in [5.74, 6) is -1.66. The van der Waals surface area contributed by atoms with Gasteiger partial charge in [0.15, 0.2) is 0 Å². The monoisotopic (exact) mass is 548 g/mol. The highest BCUT2D eigenvalue weighted by Gasteiger charge is 2.32. The van der Waals surface area contributed by atoms with Crippen LogP contribution in [0.25, 0.3) is 0 Å². The number of benzene rings is 2. The molecule has 2 aliphatic heterocycles. The Kier molecular flexibility index (Phi) is 11.3. The SMILES string of the molecule is O=C1N[C@@H](COCc2ccccc2)COC(=O)[C@H](Cc2ccccc2)CC=CC[C@@H]1CC(=O)N1CCC[C@H]1CO. The molecule has 0 aromatic heterocycles. The predicted octanol–water partition coefficient (Wildman–Crippen LogP) is 3.43. The number of nitrogens with one attached hydrogen (secondary N) is 1. The first-order valence-electron chi connectivity index (χ1n) is 14.2. The second kappa shape index (κ2) is 15.3. The number of carbonyl (C=O) groups excluding carboxylic acids is 3. The summed E-state index contributed by atoms with van der Waals surface area (Å²) in [4.78, 5) is 41.3. The summed E-state index contributed by atoms with van der Waals surface area (Å²) in [6.07, 6.45) is 6.87. The molecule has 0 bridgehead atoms. The summed E-state index contributed by atoms with van der Waals surface area (Å²) >= 11 is 0. The third-order valence-corrected chi connectivity index (χ3v) is 7.57. The molecule has 2 N–H and O–H groups in total. The van der Waals surface area contributed by atoms with Crippen LogP contribution < -0.4 is 5.32 Å². The van der Waals surface area contributed by atoms with E-state index in [1.54, 1.807) is 4.90 Å². The molecule has 2 aromatic rings. The molecule has 40 heavy (non-hydrogen) atoms. The maximum atomic E-state index is 13.4. The largest absolute Gasteiger partial charge is 0.463 e. The van der Waals surface area contributed by atoms with E-state index in [9.17, 15) is 19.5 Å². The summed E-state index contributed by atoms with van der Waals surface area (Å²) in [5, 5.41) is 12.6. The molecule has 8 nitrogen and oxygen atoms in total. The van der Waals surface area contributed by atoms with Gasteiger partial charge in [0, 0.05) is 13.0 Å². The minimum absolute atomic E-state index is 0.0201. The maximum absolute atomic E-state index is 13.4. The number of rotatable bonds is 9. The van der Waals surface area contributed by atoms with Gasteiger partial charge in [-0.25, -0.2) is 0 Å². The number of carbonyl (C=O) groups is 3. The normalized spacial score (nSPS) is 24.1. The van der Waals surface area contributed by atoms with Gasteiger partial charge in [-0.3, -0.25) is 14.4 Å². The van der Waals surface area contributed by atoms with Crippen LogP contribution in [0.3, 0.4) is 0 Å². The summed E-state index contributed by atoms with van der Waals surface area (Å²) in [6, 6.07) is 18.8. The van der Waals surface area contributed by atoms with Crippen LogP contribution in [0.2, 0.25) is 0 Å². The van der Waals surface area contributed by atoms with Crippen LogP contribution in [0.15, 0.2) is 72.8 Å². The Hall–Kier alpha value is -3.49. The Morgan fingerprint density at radius 3 is 2.35 bits per heavy atom. The number of ether oxygens (including phenoxy) is 2. The molecule has 0 saturated carbocycles. The number of amides is 2. The lowest BCUT2D eigenvalue weighted by Crippen LogP contribution is -2.46. The molecule has 4 rings (SSSR count). The van der Waals surface area contributed by atoms with E-state index in [0.29, 0.717) is 32.4 Å². The van der Waals surface area contributed by atoms with E-state index in [1.165, 1.54) is 0 Å². The zero-order valence-corrected chi connectivity index (χ0v) is 23.0.